The Labute approximate surface area is 195 Å². The maximum Gasteiger partial charge on any atom is 0.254 e. The first-order chi connectivity index (χ1) is 16.3. The van der Waals surface area contributed by atoms with Crippen LogP contribution in [0.3, 0.4) is 0 Å². The van der Waals surface area contributed by atoms with Gasteiger partial charge < -0.3 is 10.4 Å². The lowest BCUT2D eigenvalue weighted by Gasteiger charge is -2.15. The summed E-state index contributed by atoms with van der Waals surface area (Å²) in [4.78, 5) is 21.2. The summed E-state index contributed by atoms with van der Waals surface area (Å²) in [6.07, 6.45) is 6.02. The van der Waals surface area contributed by atoms with E-state index >= 15 is 0 Å². The van der Waals surface area contributed by atoms with E-state index < -0.39 is 21.8 Å². The lowest BCUT2D eigenvalue weighted by molar-refractivity contribution is 0.0941. The predicted molar refractivity (Wildman–Crippen MR) is 123 cm³/mol. The lowest BCUT2D eigenvalue weighted by atomic mass is 10.1. The fraction of sp³-hybridized carbons (Fsp3) is 0.217. The molecule has 0 saturated carbocycles. The largest absolute Gasteiger partial charge is 0.396 e. The summed E-state index contributed by atoms with van der Waals surface area (Å²) in [5.74, 6) is -0.995. The molecule has 9 nitrogen and oxygen atoms in total. The number of nitrogens with zero attached hydrogens (tertiary/aromatic N) is 4. The highest BCUT2D eigenvalue weighted by molar-refractivity contribution is 7.91. The second-order valence-electron chi connectivity index (χ2n) is 7.67. The number of benzene rings is 1. The van der Waals surface area contributed by atoms with E-state index in [1.54, 1.807) is 36.0 Å². The number of fused-ring (bicyclic) bond motifs is 1. The minimum Gasteiger partial charge on any atom is -0.396 e. The van der Waals surface area contributed by atoms with Gasteiger partial charge in [-0.15, -0.1) is 0 Å². The summed E-state index contributed by atoms with van der Waals surface area (Å²) in [6, 6.07) is 8.32. The number of hydrogen-bond donors (Lipinski definition) is 2. The summed E-state index contributed by atoms with van der Waals surface area (Å²) in [5, 5.41) is 16.5. The lowest BCUT2D eigenvalue weighted by Crippen LogP contribution is -2.27. The number of hydrogen-bond acceptors (Lipinski definition) is 7. The Hall–Kier alpha value is -3.70. The van der Waals surface area contributed by atoms with E-state index in [-0.39, 0.29) is 29.6 Å². The normalized spacial score (nSPS) is 12.6. The number of halogens is 1. The van der Waals surface area contributed by atoms with Crippen molar-refractivity contribution < 1.29 is 22.7 Å². The quantitative estimate of drug-likeness (QED) is 0.394. The average Bonchev–Trinajstić information content (AvgIpc) is 3.27. The number of nitrogens with one attached hydrogen (secondary N) is 1. The van der Waals surface area contributed by atoms with Gasteiger partial charge in [0.25, 0.3) is 5.91 Å². The van der Waals surface area contributed by atoms with Crippen LogP contribution in [0.25, 0.3) is 16.6 Å². The van der Waals surface area contributed by atoms with Gasteiger partial charge in [0.2, 0.25) is 0 Å². The van der Waals surface area contributed by atoms with Crippen LogP contribution in [0.5, 0.6) is 0 Å². The first-order valence-corrected chi connectivity index (χ1v) is 12.1. The molecular formula is C23H22FN5O4S. The van der Waals surface area contributed by atoms with E-state index in [1.807, 2.05) is 0 Å². The number of aromatic nitrogens is 4. The van der Waals surface area contributed by atoms with Gasteiger partial charge in [0.05, 0.1) is 41.0 Å². The highest BCUT2D eigenvalue weighted by atomic mass is 32.2. The molecule has 1 amide bonds. The van der Waals surface area contributed by atoms with Crippen LogP contribution >= 0.6 is 0 Å². The highest BCUT2D eigenvalue weighted by Crippen LogP contribution is 2.23. The zero-order valence-corrected chi connectivity index (χ0v) is 19.0. The Bertz CT molecular complexity index is 1440. The number of carbonyl (C=O) groups is 1. The van der Waals surface area contributed by atoms with Crippen LogP contribution in [-0.2, 0) is 9.84 Å². The van der Waals surface area contributed by atoms with Crippen LogP contribution < -0.4 is 5.32 Å². The first kappa shape index (κ1) is 23.5. The molecule has 4 aromatic rings. The maximum atomic E-state index is 13.3. The molecule has 0 radical (unpaired) electrons. The van der Waals surface area contributed by atoms with Gasteiger partial charge >= 0.3 is 0 Å². The van der Waals surface area contributed by atoms with Crippen LogP contribution in [0.2, 0.25) is 0 Å². The molecule has 4 rings (SSSR count). The maximum absolute atomic E-state index is 13.3. The zero-order chi connectivity index (χ0) is 24.3. The molecule has 0 aliphatic carbocycles. The number of carbonyl (C=O) groups excluding carboxylic acids is 1. The van der Waals surface area contributed by atoms with Crippen LogP contribution in [-0.4, -0.2) is 51.5 Å². The van der Waals surface area contributed by atoms with Crippen LogP contribution in [0.1, 0.15) is 35.3 Å². The number of pyridine rings is 2. The Morgan fingerprint density at radius 1 is 1.18 bits per heavy atom. The average molecular weight is 484 g/mol. The van der Waals surface area contributed by atoms with Gasteiger partial charge in [0, 0.05) is 24.4 Å². The minimum atomic E-state index is -3.64. The monoisotopic (exact) mass is 483 g/mol. The highest BCUT2D eigenvalue weighted by Gasteiger charge is 2.20. The fourth-order valence-corrected chi connectivity index (χ4v) is 4.75. The molecular weight excluding hydrogens is 461 g/mol. The molecule has 0 unspecified atom stereocenters. The topological polar surface area (TPSA) is 127 Å². The summed E-state index contributed by atoms with van der Waals surface area (Å²) < 4.78 is 39.6. The molecule has 176 valence electrons. The van der Waals surface area contributed by atoms with Gasteiger partial charge in [0.1, 0.15) is 5.82 Å². The fourth-order valence-electron chi connectivity index (χ4n) is 3.49. The Morgan fingerprint density at radius 2 is 1.94 bits per heavy atom. The minimum absolute atomic E-state index is 0.108. The molecule has 3 heterocycles. The van der Waals surface area contributed by atoms with Crippen LogP contribution in [0.15, 0.2) is 66.2 Å². The molecule has 0 fully saturated rings. The number of aliphatic hydroxyl groups is 1. The summed E-state index contributed by atoms with van der Waals surface area (Å²) in [6.45, 7) is 1.50. The molecule has 0 aliphatic heterocycles. The molecule has 0 aliphatic rings. The molecule has 1 aromatic carbocycles. The van der Waals surface area contributed by atoms with Gasteiger partial charge in [0.15, 0.2) is 14.9 Å². The van der Waals surface area contributed by atoms with Gasteiger partial charge in [-0.25, -0.2) is 22.5 Å². The number of sulfone groups is 1. The summed E-state index contributed by atoms with van der Waals surface area (Å²) in [5.41, 5.74) is 2.06. The van der Waals surface area contributed by atoms with Crippen LogP contribution in [0.4, 0.5) is 4.39 Å². The third-order valence-electron chi connectivity index (χ3n) is 5.31. The molecule has 0 saturated heterocycles. The second-order valence-corrected chi connectivity index (χ2v) is 9.73. The van der Waals surface area contributed by atoms with E-state index in [9.17, 15) is 17.6 Å². The van der Waals surface area contributed by atoms with Crippen LogP contribution in [0, 0.1) is 5.82 Å². The van der Waals surface area contributed by atoms with Gasteiger partial charge in [-0.2, -0.15) is 5.10 Å². The van der Waals surface area contributed by atoms with E-state index in [2.05, 4.69) is 20.4 Å². The molecule has 1 atom stereocenters. The Balaban J connectivity index is 1.58. The third-order valence-corrected chi connectivity index (χ3v) is 7.00. The van der Waals surface area contributed by atoms with Gasteiger partial charge in [-0.05, 0) is 55.3 Å². The van der Waals surface area contributed by atoms with Crippen molar-refractivity contribution in [3.63, 3.8) is 0 Å². The van der Waals surface area contributed by atoms with E-state index in [0.29, 0.717) is 27.7 Å². The van der Waals surface area contributed by atoms with Crippen molar-refractivity contribution in [2.75, 3.05) is 12.4 Å². The summed E-state index contributed by atoms with van der Waals surface area (Å²) >= 11 is 0. The molecule has 0 spiro atoms. The van der Waals surface area contributed by atoms with Crippen molar-refractivity contribution in [1.82, 2.24) is 25.1 Å². The molecule has 3 aromatic heterocycles. The van der Waals surface area contributed by atoms with Crippen molar-refractivity contribution in [3.05, 3.63) is 78.1 Å². The molecule has 0 bridgehead atoms. The summed E-state index contributed by atoms with van der Waals surface area (Å²) in [7, 11) is -3.64. The molecule has 2 N–H and O–H groups in total. The standard InChI is InChI=1S/C23H22FN5O4S/c1-15(16-7-8-26-22(11-16)34(32,33)10-2-9-30)28-23(31)20-12-25-14-21-19(20)13-27-29(21)18-5-3-17(24)4-6-18/h3-8,11-15,30H,2,9-10H2,1H3,(H,28,31)/t15-/m0/s1. The van der Waals surface area contributed by atoms with Gasteiger partial charge in [-0.3, -0.25) is 9.78 Å². The smallest absolute Gasteiger partial charge is 0.254 e. The SMILES string of the molecule is C[C@H](NC(=O)c1cncc2c1cnn2-c1ccc(F)cc1)c1ccnc(S(=O)(=O)CCCO)c1. The van der Waals surface area contributed by atoms with Crippen molar-refractivity contribution >= 4 is 26.6 Å². The number of rotatable bonds is 8. The third kappa shape index (κ3) is 4.80. The van der Waals surface area contributed by atoms with Gasteiger partial charge in [-0.1, -0.05) is 0 Å². The predicted octanol–water partition coefficient (Wildman–Crippen LogP) is 2.60. The Morgan fingerprint density at radius 3 is 2.68 bits per heavy atom. The number of amides is 1. The number of aliphatic hydroxyl groups excluding tert-OH is 1. The van der Waals surface area contributed by atoms with E-state index in [1.165, 1.54) is 36.8 Å². The van der Waals surface area contributed by atoms with Crippen molar-refractivity contribution in [1.29, 1.82) is 0 Å². The Kier molecular flexibility index (Phi) is 6.66. The van der Waals surface area contributed by atoms with E-state index in [0.717, 1.165) is 0 Å². The van der Waals surface area contributed by atoms with Crippen molar-refractivity contribution in [2.45, 2.75) is 24.4 Å². The molecule has 11 heteroatoms. The van der Waals surface area contributed by atoms with Crippen molar-refractivity contribution in [3.8, 4) is 5.69 Å². The van der Waals surface area contributed by atoms with Crippen molar-refractivity contribution in [2.24, 2.45) is 0 Å². The molecule has 34 heavy (non-hydrogen) atoms. The van der Waals surface area contributed by atoms with E-state index in [4.69, 9.17) is 5.11 Å². The zero-order valence-electron chi connectivity index (χ0n) is 18.2. The second kappa shape index (κ2) is 9.65. The first-order valence-electron chi connectivity index (χ1n) is 10.5.